The second kappa shape index (κ2) is 7.63. The summed E-state index contributed by atoms with van der Waals surface area (Å²) < 4.78 is 0. The Bertz CT molecular complexity index is 480. The fraction of sp³-hybridized carbons (Fsp3) is 0.368. The molecular weight excluding hydrogens is 278 g/mol. The van der Waals surface area contributed by atoms with Gasteiger partial charge in [0.05, 0.1) is 0 Å². The van der Waals surface area contributed by atoms with E-state index in [4.69, 9.17) is 11.6 Å². The van der Waals surface area contributed by atoms with Crippen LogP contribution in [-0.2, 0) is 13.1 Å². The number of halogens is 1. The fourth-order valence-corrected chi connectivity index (χ4v) is 2.94. The van der Waals surface area contributed by atoms with Crippen LogP contribution >= 0.6 is 11.6 Å². The lowest BCUT2D eigenvalue weighted by atomic mass is 9.97. The number of rotatable bonds is 7. The first-order valence-electron chi connectivity index (χ1n) is 7.51. The van der Waals surface area contributed by atoms with Crippen LogP contribution in [0.25, 0.3) is 0 Å². The molecule has 2 rings (SSSR count). The summed E-state index contributed by atoms with van der Waals surface area (Å²) in [5.74, 6) is 0.688. The van der Waals surface area contributed by atoms with Crippen LogP contribution in [-0.4, -0.2) is 16.3 Å². The van der Waals surface area contributed by atoms with E-state index in [9.17, 15) is 0 Å². The van der Waals surface area contributed by atoms with Crippen molar-refractivity contribution in [1.29, 1.82) is 0 Å². The molecule has 0 spiro atoms. The molecule has 0 aliphatic rings. The Hall–Kier alpha value is -1.31. The lowest BCUT2D eigenvalue weighted by molar-refractivity contribution is 0.0988. The highest BCUT2D eigenvalue weighted by Gasteiger charge is 2.26. The summed E-state index contributed by atoms with van der Waals surface area (Å²) in [7, 11) is 0. The van der Waals surface area contributed by atoms with Gasteiger partial charge in [0, 0.05) is 24.5 Å². The Kier molecular flexibility index (Phi) is 5.84. The minimum Gasteiger partial charge on any atom is -0.290 e. The van der Waals surface area contributed by atoms with Gasteiger partial charge in [-0.25, -0.2) is 0 Å². The van der Waals surface area contributed by atoms with Crippen LogP contribution in [0.4, 0.5) is 0 Å². The molecular formula is C19H24ClN. The maximum Gasteiger partial charge on any atom is 0.0242 e. The van der Waals surface area contributed by atoms with E-state index in [0.29, 0.717) is 5.88 Å². The minimum absolute atomic E-state index is 0.0768. The molecule has 0 fully saturated rings. The average Bonchev–Trinajstić information content (AvgIpc) is 2.49. The van der Waals surface area contributed by atoms with Gasteiger partial charge in [-0.1, -0.05) is 60.7 Å². The Morgan fingerprint density at radius 3 is 1.62 bits per heavy atom. The third-order valence-corrected chi connectivity index (χ3v) is 4.18. The molecule has 2 aromatic rings. The molecule has 0 unspecified atom stereocenters. The second-order valence-corrected chi connectivity index (χ2v) is 6.46. The van der Waals surface area contributed by atoms with Crippen LogP contribution in [0, 0.1) is 0 Å². The number of hydrogen-bond donors (Lipinski definition) is 0. The Morgan fingerprint density at radius 1 is 0.810 bits per heavy atom. The van der Waals surface area contributed by atoms with Crippen molar-refractivity contribution in [2.24, 2.45) is 0 Å². The van der Waals surface area contributed by atoms with Crippen LogP contribution in [0.15, 0.2) is 60.7 Å². The molecule has 0 saturated carbocycles. The van der Waals surface area contributed by atoms with Crippen molar-refractivity contribution >= 4 is 11.6 Å². The number of alkyl halides is 1. The SMILES string of the molecule is CC(C)(CCCl)N(Cc1ccccc1)Cc1ccccc1. The molecule has 0 radical (unpaired) electrons. The Balaban J connectivity index is 2.18. The zero-order valence-corrected chi connectivity index (χ0v) is 13.7. The molecule has 0 N–H and O–H groups in total. The first-order chi connectivity index (χ1) is 10.1. The van der Waals surface area contributed by atoms with Crippen molar-refractivity contribution in [3.05, 3.63) is 71.8 Å². The van der Waals surface area contributed by atoms with Crippen LogP contribution < -0.4 is 0 Å². The van der Waals surface area contributed by atoms with Gasteiger partial charge in [-0.2, -0.15) is 0 Å². The van der Waals surface area contributed by atoms with E-state index in [1.165, 1.54) is 11.1 Å². The van der Waals surface area contributed by atoms with Gasteiger partial charge in [0.15, 0.2) is 0 Å². The molecule has 2 heteroatoms. The monoisotopic (exact) mass is 301 g/mol. The average molecular weight is 302 g/mol. The van der Waals surface area contributed by atoms with Gasteiger partial charge >= 0.3 is 0 Å². The summed E-state index contributed by atoms with van der Waals surface area (Å²) in [5.41, 5.74) is 2.76. The molecule has 0 saturated heterocycles. The lowest BCUT2D eigenvalue weighted by Crippen LogP contribution is -2.43. The Morgan fingerprint density at radius 2 is 1.24 bits per heavy atom. The number of nitrogens with zero attached hydrogens (tertiary/aromatic N) is 1. The minimum atomic E-state index is 0.0768. The molecule has 1 nitrogen and oxygen atoms in total. The van der Waals surface area contributed by atoms with Gasteiger partial charge in [0.2, 0.25) is 0 Å². The lowest BCUT2D eigenvalue weighted by Gasteiger charge is -2.38. The predicted molar refractivity (Wildman–Crippen MR) is 91.5 cm³/mol. The van der Waals surface area contributed by atoms with E-state index in [1.54, 1.807) is 0 Å². The maximum atomic E-state index is 6.01. The summed E-state index contributed by atoms with van der Waals surface area (Å²) in [6.07, 6.45) is 0.980. The highest BCUT2D eigenvalue weighted by Crippen LogP contribution is 2.24. The quantitative estimate of drug-likeness (QED) is 0.643. The molecule has 0 aliphatic carbocycles. The third kappa shape index (κ3) is 4.87. The summed E-state index contributed by atoms with van der Waals surface area (Å²) in [5, 5.41) is 0. The standard InChI is InChI=1S/C19H24ClN/c1-19(2,13-14-20)21(15-17-9-5-3-6-10-17)16-18-11-7-4-8-12-18/h3-12H,13-16H2,1-2H3. The molecule has 0 amide bonds. The summed E-state index contributed by atoms with van der Waals surface area (Å²) >= 11 is 6.01. The van der Waals surface area contributed by atoms with Crippen molar-refractivity contribution in [2.75, 3.05) is 5.88 Å². The summed E-state index contributed by atoms with van der Waals surface area (Å²) in [6.45, 7) is 6.45. The highest BCUT2D eigenvalue weighted by molar-refractivity contribution is 6.17. The van der Waals surface area contributed by atoms with Crippen LogP contribution in [0.1, 0.15) is 31.4 Å². The van der Waals surface area contributed by atoms with Gasteiger partial charge in [0.25, 0.3) is 0 Å². The Labute approximate surface area is 133 Å². The second-order valence-electron chi connectivity index (χ2n) is 6.08. The van der Waals surface area contributed by atoms with Gasteiger partial charge in [-0.15, -0.1) is 11.6 Å². The van der Waals surface area contributed by atoms with E-state index >= 15 is 0 Å². The summed E-state index contributed by atoms with van der Waals surface area (Å²) in [4.78, 5) is 2.51. The topological polar surface area (TPSA) is 3.24 Å². The molecule has 0 aromatic heterocycles. The predicted octanol–water partition coefficient (Wildman–Crippen LogP) is 5.10. The first-order valence-corrected chi connectivity index (χ1v) is 8.04. The molecule has 21 heavy (non-hydrogen) atoms. The van der Waals surface area contributed by atoms with Crippen molar-refractivity contribution in [3.63, 3.8) is 0 Å². The molecule has 0 bridgehead atoms. The van der Waals surface area contributed by atoms with E-state index in [2.05, 4.69) is 79.4 Å². The smallest absolute Gasteiger partial charge is 0.0242 e. The third-order valence-electron chi connectivity index (χ3n) is 3.99. The maximum absolute atomic E-state index is 6.01. The first kappa shape index (κ1) is 16.1. The van der Waals surface area contributed by atoms with Crippen molar-refractivity contribution < 1.29 is 0 Å². The number of benzene rings is 2. The van der Waals surface area contributed by atoms with Crippen LogP contribution in [0.3, 0.4) is 0 Å². The largest absolute Gasteiger partial charge is 0.290 e. The highest BCUT2D eigenvalue weighted by atomic mass is 35.5. The fourth-order valence-electron chi connectivity index (χ4n) is 2.48. The van der Waals surface area contributed by atoms with E-state index in [-0.39, 0.29) is 5.54 Å². The van der Waals surface area contributed by atoms with Crippen molar-refractivity contribution in [1.82, 2.24) is 4.90 Å². The summed E-state index contributed by atoms with van der Waals surface area (Å²) in [6, 6.07) is 21.3. The van der Waals surface area contributed by atoms with Gasteiger partial charge < -0.3 is 0 Å². The zero-order chi connectivity index (χ0) is 15.1. The van der Waals surface area contributed by atoms with E-state index < -0.39 is 0 Å². The molecule has 0 atom stereocenters. The van der Waals surface area contributed by atoms with Gasteiger partial charge in [0.1, 0.15) is 0 Å². The molecule has 0 aliphatic heterocycles. The molecule has 2 aromatic carbocycles. The van der Waals surface area contributed by atoms with E-state index in [0.717, 1.165) is 19.5 Å². The van der Waals surface area contributed by atoms with Gasteiger partial charge in [-0.05, 0) is 31.4 Å². The van der Waals surface area contributed by atoms with Crippen molar-refractivity contribution in [3.8, 4) is 0 Å². The van der Waals surface area contributed by atoms with Crippen LogP contribution in [0.5, 0.6) is 0 Å². The van der Waals surface area contributed by atoms with E-state index in [1.807, 2.05) is 0 Å². The van der Waals surface area contributed by atoms with Crippen LogP contribution in [0.2, 0.25) is 0 Å². The molecule has 0 heterocycles. The number of hydrogen-bond acceptors (Lipinski definition) is 1. The van der Waals surface area contributed by atoms with Gasteiger partial charge in [-0.3, -0.25) is 4.90 Å². The normalized spacial score (nSPS) is 11.8. The molecule has 112 valence electrons. The van der Waals surface area contributed by atoms with Crippen molar-refractivity contribution in [2.45, 2.75) is 38.9 Å². The zero-order valence-electron chi connectivity index (χ0n) is 12.9.